The van der Waals surface area contributed by atoms with Crippen LogP contribution in [0.1, 0.15) is 29.8 Å². The van der Waals surface area contributed by atoms with Crippen molar-refractivity contribution in [3.05, 3.63) is 70.2 Å². The summed E-state index contributed by atoms with van der Waals surface area (Å²) < 4.78 is 32.6. The van der Waals surface area contributed by atoms with Crippen LogP contribution in [-0.4, -0.2) is 17.9 Å². The van der Waals surface area contributed by atoms with Gasteiger partial charge in [-0.3, -0.25) is 4.79 Å². The highest BCUT2D eigenvalue weighted by molar-refractivity contribution is 6.31. The molecule has 26 heavy (non-hydrogen) atoms. The maximum atomic E-state index is 13.7. The van der Waals surface area contributed by atoms with Gasteiger partial charge in [0.2, 0.25) is 0 Å². The molecular formula is C19H18ClF2NO3. The van der Waals surface area contributed by atoms with E-state index in [0.29, 0.717) is 0 Å². The van der Waals surface area contributed by atoms with Gasteiger partial charge in [-0.05, 0) is 30.2 Å². The zero-order valence-corrected chi connectivity index (χ0v) is 15.0. The van der Waals surface area contributed by atoms with E-state index in [2.05, 4.69) is 5.32 Å². The van der Waals surface area contributed by atoms with Crippen molar-refractivity contribution in [2.75, 3.05) is 0 Å². The molecule has 4 nitrogen and oxygen atoms in total. The number of rotatable bonds is 6. The van der Waals surface area contributed by atoms with Gasteiger partial charge in [-0.1, -0.05) is 43.6 Å². The maximum absolute atomic E-state index is 13.7. The molecule has 0 aliphatic carbocycles. The van der Waals surface area contributed by atoms with Crippen molar-refractivity contribution >= 4 is 23.5 Å². The van der Waals surface area contributed by atoms with Crippen molar-refractivity contribution in [2.45, 2.75) is 26.5 Å². The minimum Gasteiger partial charge on any atom is -0.459 e. The van der Waals surface area contributed by atoms with E-state index < -0.39 is 29.6 Å². The number of nitrogens with one attached hydrogen (secondary N) is 1. The molecule has 1 atom stereocenters. The van der Waals surface area contributed by atoms with Crippen LogP contribution < -0.4 is 5.32 Å². The van der Waals surface area contributed by atoms with Gasteiger partial charge in [0.15, 0.2) is 0 Å². The predicted octanol–water partition coefficient (Wildman–Crippen LogP) is 4.12. The number of halogens is 3. The van der Waals surface area contributed by atoms with E-state index in [0.717, 1.165) is 6.07 Å². The average Bonchev–Trinajstić information content (AvgIpc) is 2.59. The molecule has 0 bridgehead atoms. The first kappa shape index (κ1) is 19.8. The molecule has 0 aromatic heterocycles. The summed E-state index contributed by atoms with van der Waals surface area (Å²) in [6.07, 6.45) is 0. The van der Waals surface area contributed by atoms with Crippen molar-refractivity contribution in [1.82, 2.24) is 5.32 Å². The Kier molecular flexibility index (Phi) is 6.69. The molecule has 0 aliphatic rings. The smallest absolute Gasteiger partial charge is 0.329 e. The van der Waals surface area contributed by atoms with E-state index >= 15 is 0 Å². The SMILES string of the molecule is CC(C)[C@H](NC(=O)c1ccccc1F)C(=O)OCc1c(F)cccc1Cl. The van der Waals surface area contributed by atoms with Crippen molar-refractivity contribution in [1.29, 1.82) is 0 Å². The molecule has 0 spiro atoms. The van der Waals surface area contributed by atoms with Gasteiger partial charge < -0.3 is 10.1 Å². The number of ether oxygens (including phenoxy) is 1. The second-order valence-electron chi connectivity index (χ2n) is 5.98. The first-order valence-corrected chi connectivity index (χ1v) is 8.34. The molecule has 1 N–H and O–H groups in total. The highest BCUT2D eigenvalue weighted by atomic mass is 35.5. The summed E-state index contributed by atoms with van der Waals surface area (Å²) in [6, 6.07) is 8.54. The summed E-state index contributed by atoms with van der Waals surface area (Å²) in [6.45, 7) is 3.02. The molecule has 7 heteroatoms. The van der Waals surface area contributed by atoms with Crippen molar-refractivity contribution in [3.63, 3.8) is 0 Å². The largest absolute Gasteiger partial charge is 0.459 e. The van der Waals surface area contributed by atoms with E-state index in [-0.39, 0.29) is 28.7 Å². The Morgan fingerprint density at radius 2 is 1.73 bits per heavy atom. The molecule has 0 aliphatic heterocycles. The van der Waals surface area contributed by atoms with E-state index in [1.54, 1.807) is 13.8 Å². The summed E-state index contributed by atoms with van der Waals surface area (Å²) in [5, 5.41) is 2.59. The minimum atomic E-state index is -1.02. The van der Waals surface area contributed by atoms with E-state index in [9.17, 15) is 18.4 Å². The lowest BCUT2D eigenvalue weighted by atomic mass is 10.0. The van der Waals surface area contributed by atoms with Crippen LogP contribution in [0.4, 0.5) is 8.78 Å². The zero-order chi connectivity index (χ0) is 19.3. The van der Waals surface area contributed by atoms with Crippen molar-refractivity contribution in [3.8, 4) is 0 Å². The van der Waals surface area contributed by atoms with Gasteiger partial charge in [-0.2, -0.15) is 0 Å². The lowest BCUT2D eigenvalue weighted by molar-refractivity contribution is -0.148. The van der Waals surface area contributed by atoms with Crippen LogP contribution in [0.3, 0.4) is 0 Å². The van der Waals surface area contributed by atoms with Gasteiger partial charge in [-0.15, -0.1) is 0 Å². The number of amides is 1. The Labute approximate surface area is 155 Å². The fourth-order valence-electron chi connectivity index (χ4n) is 2.27. The third-order valence-corrected chi connectivity index (χ3v) is 4.10. The second kappa shape index (κ2) is 8.76. The second-order valence-corrected chi connectivity index (χ2v) is 6.39. The number of benzene rings is 2. The number of carbonyl (C=O) groups excluding carboxylic acids is 2. The van der Waals surface area contributed by atoms with Gasteiger partial charge in [0, 0.05) is 5.56 Å². The molecule has 2 rings (SSSR count). The number of hydrogen-bond donors (Lipinski definition) is 1. The number of esters is 1. The Morgan fingerprint density at radius 1 is 1.08 bits per heavy atom. The Hall–Kier alpha value is -2.47. The first-order valence-electron chi connectivity index (χ1n) is 7.96. The van der Waals surface area contributed by atoms with Crippen LogP contribution in [0, 0.1) is 17.6 Å². The Morgan fingerprint density at radius 3 is 2.35 bits per heavy atom. The molecular weight excluding hydrogens is 364 g/mol. The van der Waals surface area contributed by atoms with Gasteiger partial charge in [-0.25, -0.2) is 13.6 Å². The van der Waals surface area contributed by atoms with E-state index in [1.807, 2.05) is 0 Å². The van der Waals surface area contributed by atoms with Crippen LogP contribution >= 0.6 is 11.6 Å². The van der Waals surface area contributed by atoms with Crippen LogP contribution in [0.15, 0.2) is 42.5 Å². The fraction of sp³-hybridized carbons (Fsp3) is 0.263. The predicted molar refractivity (Wildman–Crippen MR) is 93.7 cm³/mol. The highest BCUT2D eigenvalue weighted by Crippen LogP contribution is 2.20. The monoisotopic (exact) mass is 381 g/mol. The van der Waals surface area contributed by atoms with Crippen LogP contribution in [0.5, 0.6) is 0 Å². The zero-order valence-electron chi connectivity index (χ0n) is 14.3. The summed E-state index contributed by atoms with van der Waals surface area (Å²) >= 11 is 5.89. The Bertz CT molecular complexity index is 791. The molecule has 138 valence electrons. The summed E-state index contributed by atoms with van der Waals surface area (Å²) in [4.78, 5) is 24.6. The van der Waals surface area contributed by atoms with Crippen LogP contribution in [0.2, 0.25) is 5.02 Å². The number of carbonyl (C=O) groups is 2. The van der Waals surface area contributed by atoms with E-state index in [4.69, 9.17) is 16.3 Å². The standard InChI is InChI=1S/C19H18ClF2NO3/c1-11(2)17(23-18(24)12-6-3-4-8-15(12)21)19(25)26-10-13-14(20)7-5-9-16(13)22/h3-9,11,17H,10H2,1-2H3,(H,23,24)/t17-/m0/s1. The molecule has 0 saturated carbocycles. The average molecular weight is 382 g/mol. The molecule has 0 unspecified atom stereocenters. The summed E-state index contributed by atoms with van der Waals surface area (Å²) in [7, 11) is 0. The molecule has 2 aromatic rings. The fourth-order valence-corrected chi connectivity index (χ4v) is 2.48. The molecule has 0 radical (unpaired) electrons. The van der Waals surface area contributed by atoms with Crippen LogP contribution in [-0.2, 0) is 16.1 Å². The summed E-state index contributed by atoms with van der Waals surface area (Å²) in [5.41, 5.74) is -0.131. The lowest BCUT2D eigenvalue weighted by Crippen LogP contribution is -2.45. The molecule has 0 saturated heterocycles. The lowest BCUT2D eigenvalue weighted by Gasteiger charge is -2.21. The normalized spacial score (nSPS) is 11.9. The third-order valence-electron chi connectivity index (χ3n) is 3.75. The van der Waals surface area contributed by atoms with Gasteiger partial charge in [0.25, 0.3) is 5.91 Å². The maximum Gasteiger partial charge on any atom is 0.329 e. The van der Waals surface area contributed by atoms with Crippen molar-refractivity contribution < 1.29 is 23.1 Å². The summed E-state index contributed by atoms with van der Waals surface area (Å²) in [5.74, 6) is -3.11. The molecule has 2 aromatic carbocycles. The first-order chi connectivity index (χ1) is 12.3. The van der Waals surface area contributed by atoms with Crippen LogP contribution in [0.25, 0.3) is 0 Å². The number of hydrogen-bond acceptors (Lipinski definition) is 3. The third kappa shape index (κ3) is 4.79. The highest BCUT2D eigenvalue weighted by Gasteiger charge is 2.27. The van der Waals surface area contributed by atoms with Gasteiger partial charge in [0.05, 0.1) is 10.6 Å². The molecule has 1 amide bonds. The van der Waals surface area contributed by atoms with Crippen molar-refractivity contribution in [2.24, 2.45) is 5.92 Å². The topological polar surface area (TPSA) is 55.4 Å². The Balaban J connectivity index is 2.08. The van der Waals surface area contributed by atoms with Gasteiger partial charge in [0.1, 0.15) is 24.3 Å². The molecule has 0 heterocycles. The minimum absolute atomic E-state index is 0.0467. The molecule has 0 fully saturated rings. The quantitative estimate of drug-likeness (QED) is 0.766. The van der Waals surface area contributed by atoms with E-state index in [1.165, 1.54) is 36.4 Å². The van der Waals surface area contributed by atoms with Gasteiger partial charge >= 0.3 is 5.97 Å².